The van der Waals surface area contributed by atoms with Gasteiger partial charge in [-0.15, -0.1) is 0 Å². The highest BCUT2D eigenvalue weighted by molar-refractivity contribution is 6.30. The van der Waals surface area contributed by atoms with Crippen LogP contribution in [0.15, 0.2) is 59.1 Å². The van der Waals surface area contributed by atoms with Gasteiger partial charge >= 0.3 is 0 Å². The third kappa shape index (κ3) is 3.70. The molecule has 1 saturated carbocycles. The van der Waals surface area contributed by atoms with Crippen molar-refractivity contribution < 1.29 is 9.63 Å². The largest absolute Gasteiger partial charge is 0.384 e. The van der Waals surface area contributed by atoms with Crippen molar-refractivity contribution in [3.8, 4) is 0 Å². The van der Waals surface area contributed by atoms with Crippen molar-refractivity contribution in [3.05, 3.63) is 82.2 Å². The van der Waals surface area contributed by atoms with E-state index in [-0.39, 0.29) is 0 Å². The highest BCUT2D eigenvalue weighted by Gasteiger charge is 2.27. The van der Waals surface area contributed by atoms with E-state index in [0.29, 0.717) is 17.5 Å². The van der Waals surface area contributed by atoms with Gasteiger partial charge in [0.05, 0.1) is 12.2 Å². The summed E-state index contributed by atoms with van der Waals surface area (Å²) in [5, 5.41) is 18.8. The number of rotatable bonds is 6. The van der Waals surface area contributed by atoms with Crippen molar-refractivity contribution >= 4 is 17.3 Å². The SMILES string of the molecule is OC(c1ccccc1)c1cc(Cl)ccc1NCc1cc(C2CC2)no1. The van der Waals surface area contributed by atoms with Crippen LogP contribution in [0, 0.1) is 0 Å². The van der Waals surface area contributed by atoms with Crippen LogP contribution in [-0.2, 0) is 6.54 Å². The fraction of sp³-hybridized carbons (Fsp3) is 0.250. The fourth-order valence-electron chi connectivity index (χ4n) is 2.90. The molecule has 0 aliphatic heterocycles. The Bertz CT molecular complexity index is 859. The van der Waals surface area contributed by atoms with Crippen LogP contribution < -0.4 is 5.32 Å². The Hall–Kier alpha value is -2.30. The van der Waals surface area contributed by atoms with Gasteiger partial charge in [-0.05, 0) is 36.6 Å². The standard InChI is InChI=1S/C20H19ClN2O2/c21-15-8-9-18(17(10-15)20(24)14-4-2-1-3-5-14)22-12-16-11-19(23-25-16)13-6-7-13/h1-5,8-11,13,20,22,24H,6-7,12H2. The molecule has 25 heavy (non-hydrogen) atoms. The van der Waals surface area contributed by atoms with E-state index >= 15 is 0 Å². The summed E-state index contributed by atoms with van der Waals surface area (Å²) in [6, 6.07) is 17.0. The van der Waals surface area contributed by atoms with Crippen molar-refractivity contribution in [2.45, 2.75) is 31.4 Å². The molecule has 5 heteroatoms. The van der Waals surface area contributed by atoms with Gasteiger partial charge < -0.3 is 14.9 Å². The minimum absolute atomic E-state index is 0.510. The van der Waals surface area contributed by atoms with Crippen LogP contribution in [0.2, 0.25) is 5.02 Å². The van der Waals surface area contributed by atoms with Gasteiger partial charge in [0, 0.05) is 28.3 Å². The summed E-state index contributed by atoms with van der Waals surface area (Å²) in [6.45, 7) is 0.510. The molecule has 1 fully saturated rings. The molecule has 128 valence electrons. The summed E-state index contributed by atoms with van der Waals surface area (Å²) in [5.41, 5.74) is 3.42. The summed E-state index contributed by atoms with van der Waals surface area (Å²) < 4.78 is 5.40. The Morgan fingerprint density at radius 1 is 1.16 bits per heavy atom. The third-order valence-corrected chi connectivity index (χ3v) is 4.68. The van der Waals surface area contributed by atoms with E-state index in [1.54, 1.807) is 12.1 Å². The molecule has 0 spiro atoms. The maximum atomic E-state index is 10.7. The van der Waals surface area contributed by atoms with Crippen LogP contribution in [0.25, 0.3) is 0 Å². The summed E-state index contributed by atoms with van der Waals surface area (Å²) in [4.78, 5) is 0. The molecule has 2 aromatic carbocycles. The molecular formula is C20H19ClN2O2. The van der Waals surface area contributed by atoms with Gasteiger partial charge in [0.2, 0.25) is 0 Å². The Morgan fingerprint density at radius 2 is 1.96 bits per heavy atom. The molecule has 4 rings (SSSR count). The van der Waals surface area contributed by atoms with Crippen LogP contribution in [0.1, 0.15) is 47.4 Å². The first kappa shape index (κ1) is 16.2. The normalized spacial score (nSPS) is 15.1. The smallest absolute Gasteiger partial charge is 0.156 e. The van der Waals surface area contributed by atoms with Gasteiger partial charge in [0.15, 0.2) is 5.76 Å². The predicted molar refractivity (Wildman–Crippen MR) is 97.8 cm³/mol. The molecule has 1 aromatic heterocycles. The number of nitrogens with zero attached hydrogens (tertiary/aromatic N) is 1. The lowest BCUT2D eigenvalue weighted by molar-refractivity contribution is 0.221. The molecule has 0 saturated heterocycles. The second-order valence-electron chi connectivity index (χ2n) is 6.39. The van der Waals surface area contributed by atoms with Crippen LogP contribution >= 0.6 is 11.6 Å². The van der Waals surface area contributed by atoms with Crippen LogP contribution in [0.4, 0.5) is 5.69 Å². The summed E-state index contributed by atoms with van der Waals surface area (Å²) in [7, 11) is 0. The van der Waals surface area contributed by atoms with E-state index in [4.69, 9.17) is 16.1 Å². The van der Waals surface area contributed by atoms with Gasteiger partial charge in [0.25, 0.3) is 0 Å². The van der Waals surface area contributed by atoms with Gasteiger partial charge in [-0.1, -0.05) is 47.1 Å². The first-order valence-electron chi connectivity index (χ1n) is 8.42. The Labute approximate surface area is 151 Å². The highest BCUT2D eigenvalue weighted by Crippen LogP contribution is 2.39. The maximum absolute atomic E-state index is 10.7. The first-order chi connectivity index (χ1) is 12.2. The van der Waals surface area contributed by atoms with Gasteiger partial charge in [-0.3, -0.25) is 0 Å². The molecule has 1 unspecified atom stereocenters. The van der Waals surface area contributed by atoms with E-state index in [2.05, 4.69) is 10.5 Å². The van der Waals surface area contributed by atoms with Crippen LogP contribution in [0.3, 0.4) is 0 Å². The number of aliphatic hydroxyl groups excluding tert-OH is 1. The Balaban J connectivity index is 1.54. The van der Waals surface area contributed by atoms with Gasteiger partial charge in [-0.2, -0.15) is 0 Å². The Kier molecular flexibility index (Phi) is 4.47. The lowest BCUT2D eigenvalue weighted by Crippen LogP contribution is -2.06. The zero-order valence-electron chi connectivity index (χ0n) is 13.7. The average Bonchev–Trinajstić information content (AvgIpc) is 3.39. The topological polar surface area (TPSA) is 58.3 Å². The molecular weight excluding hydrogens is 336 g/mol. The molecule has 2 N–H and O–H groups in total. The van der Waals surface area contributed by atoms with Crippen LogP contribution in [0.5, 0.6) is 0 Å². The monoisotopic (exact) mass is 354 g/mol. The molecule has 1 aliphatic carbocycles. The number of aliphatic hydroxyl groups is 1. The summed E-state index contributed by atoms with van der Waals surface area (Å²) in [5.74, 6) is 1.36. The van der Waals surface area contributed by atoms with E-state index in [9.17, 15) is 5.11 Å². The number of nitrogens with one attached hydrogen (secondary N) is 1. The molecule has 1 atom stereocenters. The highest BCUT2D eigenvalue weighted by atomic mass is 35.5. The number of halogens is 1. The zero-order valence-corrected chi connectivity index (χ0v) is 14.4. The quantitative estimate of drug-likeness (QED) is 0.661. The van der Waals surface area contributed by atoms with Crippen molar-refractivity contribution in [1.29, 1.82) is 0 Å². The fourth-order valence-corrected chi connectivity index (χ4v) is 3.08. The van der Waals surface area contributed by atoms with Crippen molar-refractivity contribution in [2.24, 2.45) is 0 Å². The van der Waals surface area contributed by atoms with E-state index < -0.39 is 6.10 Å². The second kappa shape index (κ2) is 6.90. The van der Waals surface area contributed by atoms with E-state index in [1.165, 1.54) is 12.8 Å². The van der Waals surface area contributed by atoms with Gasteiger partial charge in [0.1, 0.15) is 6.10 Å². The van der Waals surface area contributed by atoms with E-state index in [1.807, 2.05) is 42.5 Å². The summed E-state index contributed by atoms with van der Waals surface area (Å²) in [6.07, 6.45) is 1.65. The van der Waals surface area contributed by atoms with Gasteiger partial charge in [-0.25, -0.2) is 0 Å². The van der Waals surface area contributed by atoms with Crippen LogP contribution in [-0.4, -0.2) is 10.3 Å². The summed E-state index contributed by atoms with van der Waals surface area (Å²) >= 11 is 6.14. The second-order valence-corrected chi connectivity index (χ2v) is 6.83. The zero-order chi connectivity index (χ0) is 17.2. The number of aromatic nitrogens is 1. The third-order valence-electron chi connectivity index (χ3n) is 4.45. The van der Waals surface area contributed by atoms with Crippen molar-refractivity contribution in [3.63, 3.8) is 0 Å². The number of benzene rings is 2. The van der Waals surface area contributed by atoms with E-state index in [0.717, 1.165) is 28.3 Å². The molecule has 0 amide bonds. The minimum Gasteiger partial charge on any atom is -0.384 e. The first-order valence-corrected chi connectivity index (χ1v) is 8.80. The average molecular weight is 355 g/mol. The molecule has 4 nitrogen and oxygen atoms in total. The molecule has 0 bridgehead atoms. The lowest BCUT2D eigenvalue weighted by atomic mass is 10.00. The molecule has 1 aliphatic rings. The minimum atomic E-state index is -0.751. The van der Waals surface area contributed by atoms with Crippen molar-refractivity contribution in [2.75, 3.05) is 5.32 Å². The molecule has 0 radical (unpaired) electrons. The maximum Gasteiger partial charge on any atom is 0.156 e. The molecule has 3 aromatic rings. The number of hydrogen-bond acceptors (Lipinski definition) is 4. The predicted octanol–water partition coefficient (Wildman–Crippen LogP) is 4.90. The van der Waals surface area contributed by atoms with Crippen molar-refractivity contribution in [1.82, 2.24) is 5.16 Å². The number of anilines is 1. The number of hydrogen-bond donors (Lipinski definition) is 2. The molecule has 1 heterocycles. The Morgan fingerprint density at radius 3 is 2.72 bits per heavy atom. The lowest BCUT2D eigenvalue weighted by Gasteiger charge is -2.17.